The number of thioether (sulfide) groups is 1. The summed E-state index contributed by atoms with van der Waals surface area (Å²) in [5, 5.41) is 19.5. The zero-order valence-corrected chi connectivity index (χ0v) is 19.7. The molecule has 0 spiro atoms. The smallest absolute Gasteiger partial charge is 0.338 e. The molecule has 0 amide bonds. The lowest BCUT2D eigenvalue weighted by Gasteiger charge is -2.28. The summed E-state index contributed by atoms with van der Waals surface area (Å²) in [5.41, 5.74) is 2.13. The molecule has 1 N–H and O–H groups in total. The lowest BCUT2D eigenvalue weighted by Crippen LogP contribution is -2.29. The van der Waals surface area contributed by atoms with E-state index in [9.17, 15) is 19.3 Å². The van der Waals surface area contributed by atoms with Crippen molar-refractivity contribution in [3.8, 4) is 0 Å². The van der Waals surface area contributed by atoms with E-state index in [0.717, 1.165) is 5.56 Å². The van der Waals surface area contributed by atoms with Crippen LogP contribution in [0.25, 0.3) is 0 Å². The molecule has 4 rings (SSSR count). The van der Waals surface area contributed by atoms with Crippen LogP contribution in [-0.2, 0) is 15.3 Å². The Hall–Kier alpha value is -3.44. The fourth-order valence-corrected chi connectivity index (χ4v) is 4.68. The molecule has 12 heteroatoms. The van der Waals surface area contributed by atoms with E-state index in [-0.39, 0.29) is 12.3 Å². The third kappa shape index (κ3) is 4.75. The number of carbonyl (C=O) groups is 1. The number of anilines is 1. The van der Waals surface area contributed by atoms with Gasteiger partial charge in [0.2, 0.25) is 11.1 Å². The number of aromatic nitrogens is 3. The van der Waals surface area contributed by atoms with Crippen molar-refractivity contribution in [1.29, 1.82) is 0 Å². The Morgan fingerprint density at radius 2 is 2.06 bits per heavy atom. The fraction of sp³-hybridized carbons (Fsp3) is 0.227. The van der Waals surface area contributed by atoms with E-state index >= 15 is 0 Å². The number of hydrogen-bond donors (Lipinski definition) is 1. The van der Waals surface area contributed by atoms with Crippen LogP contribution in [0, 0.1) is 15.9 Å². The zero-order valence-electron chi connectivity index (χ0n) is 18.1. The first-order chi connectivity index (χ1) is 16.3. The number of ether oxygens (including phenoxy) is 1. The van der Waals surface area contributed by atoms with Gasteiger partial charge in [-0.3, -0.25) is 10.1 Å². The molecule has 2 heterocycles. The van der Waals surface area contributed by atoms with Gasteiger partial charge in [0, 0.05) is 28.6 Å². The minimum Gasteiger partial charge on any atom is -0.463 e. The molecular formula is C22H19ClFN5O4S. The average Bonchev–Trinajstić information content (AvgIpc) is 3.20. The summed E-state index contributed by atoms with van der Waals surface area (Å²) in [6.45, 7) is 3.63. The summed E-state index contributed by atoms with van der Waals surface area (Å²) in [6, 6.07) is 9.38. The highest BCUT2D eigenvalue weighted by Crippen LogP contribution is 2.37. The molecule has 0 saturated heterocycles. The van der Waals surface area contributed by atoms with E-state index in [0.29, 0.717) is 38.7 Å². The topological polar surface area (TPSA) is 112 Å². The number of allylic oxidation sites excluding steroid dienone is 1. The maximum absolute atomic E-state index is 13.3. The average molecular weight is 504 g/mol. The van der Waals surface area contributed by atoms with Gasteiger partial charge in [-0.05, 0) is 49.2 Å². The first kappa shape index (κ1) is 23.7. The largest absolute Gasteiger partial charge is 0.463 e. The Kier molecular flexibility index (Phi) is 6.85. The lowest BCUT2D eigenvalue weighted by atomic mass is 9.95. The number of nitro groups is 1. The van der Waals surface area contributed by atoms with E-state index in [4.69, 9.17) is 16.3 Å². The van der Waals surface area contributed by atoms with Crippen LogP contribution >= 0.6 is 23.4 Å². The van der Waals surface area contributed by atoms with Gasteiger partial charge in [-0.15, -0.1) is 5.10 Å². The fourth-order valence-electron chi connectivity index (χ4n) is 3.53. The van der Waals surface area contributed by atoms with Crippen molar-refractivity contribution < 1.29 is 18.8 Å². The number of nitrogens with zero attached hydrogens (tertiary/aromatic N) is 4. The molecule has 0 bridgehead atoms. The Balaban J connectivity index is 1.69. The summed E-state index contributed by atoms with van der Waals surface area (Å²) in [7, 11) is 0. The Morgan fingerprint density at radius 1 is 1.32 bits per heavy atom. The standard InChI is InChI=1S/C22H19ClFN5O4S/c1-3-33-20(30)18-12(2)25-21-26-22(34-11-14-4-7-15(24)10-17(14)23)27-28(21)19(18)13-5-8-16(9-6-13)29(31)32/h4-10,19H,3,11H2,1-2H3,(H,25,26,27)/t19-/m1/s1. The molecule has 0 aliphatic carbocycles. The minimum absolute atomic E-state index is 0.0673. The number of fused-ring (bicyclic) bond motifs is 1. The van der Waals surface area contributed by atoms with Crippen LogP contribution in [0.2, 0.25) is 5.02 Å². The van der Waals surface area contributed by atoms with Gasteiger partial charge in [-0.25, -0.2) is 13.9 Å². The highest BCUT2D eigenvalue weighted by molar-refractivity contribution is 7.98. The summed E-state index contributed by atoms with van der Waals surface area (Å²) >= 11 is 7.42. The molecule has 0 fully saturated rings. The molecule has 2 aromatic carbocycles. The first-order valence-electron chi connectivity index (χ1n) is 10.2. The van der Waals surface area contributed by atoms with Gasteiger partial charge in [-0.2, -0.15) is 4.98 Å². The minimum atomic E-state index is -0.702. The van der Waals surface area contributed by atoms with Gasteiger partial charge >= 0.3 is 5.97 Å². The molecule has 176 valence electrons. The second-order valence-corrected chi connectivity index (χ2v) is 8.67. The number of hydrogen-bond acceptors (Lipinski definition) is 8. The number of benzene rings is 2. The Bertz CT molecular complexity index is 1290. The second-order valence-electron chi connectivity index (χ2n) is 7.32. The molecule has 9 nitrogen and oxygen atoms in total. The van der Waals surface area contributed by atoms with Gasteiger partial charge in [-0.1, -0.05) is 29.4 Å². The lowest BCUT2D eigenvalue weighted by molar-refractivity contribution is -0.384. The number of nitro benzene ring substituents is 1. The molecule has 0 saturated carbocycles. The van der Waals surface area contributed by atoms with Crippen molar-refractivity contribution in [1.82, 2.24) is 14.8 Å². The van der Waals surface area contributed by atoms with E-state index in [2.05, 4.69) is 15.4 Å². The summed E-state index contributed by atoms with van der Waals surface area (Å²) in [4.78, 5) is 27.9. The summed E-state index contributed by atoms with van der Waals surface area (Å²) < 4.78 is 20.1. The maximum Gasteiger partial charge on any atom is 0.338 e. The molecular weight excluding hydrogens is 485 g/mol. The number of carbonyl (C=O) groups excluding carboxylic acids is 1. The van der Waals surface area contributed by atoms with Crippen LogP contribution in [0.5, 0.6) is 0 Å². The number of nitrogens with one attached hydrogen (secondary N) is 1. The van der Waals surface area contributed by atoms with Crippen LogP contribution < -0.4 is 5.32 Å². The quantitative estimate of drug-likeness (QED) is 0.204. The first-order valence-corrected chi connectivity index (χ1v) is 11.6. The van der Waals surface area contributed by atoms with Gasteiger partial charge < -0.3 is 10.1 Å². The summed E-state index contributed by atoms with van der Waals surface area (Å²) in [6.07, 6.45) is 0. The Labute approximate surface area is 203 Å². The third-order valence-electron chi connectivity index (χ3n) is 5.12. The molecule has 1 aliphatic heterocycles. The van der Waals surface area contributed by atoms with E-state index < -0.39 is 22.8 Å². The maximum atomic E-state index is 13.3. The van der Waals surface area contributed by atoms with Crippen molar-refractivity contribution in [2.45, 2.75) is 30.8 Å². The van der Waals surface area contributed by atoms with Crippen LogP contribution in [0.3, 0.4) is 0 Å². The molecule has 1 atom stereocenters. The molecule has 0 radical (unpaired) electrons. The number of esters is 1. The predicted octanol–water partition coefficient (Wildman–Crippen LogP) is 5.12. The van der Waals surface area contributed by atoms with Gasteiger partial charge in [0.05, 0.1) is 17.1 Å². The van der Waals surface area contributed by atoms with Crippen molar-refractivity contribution in [3.05, 3.63) is 85.8 Å². The van der Waals surface area contributed by atoms with Gasteiger partial charge in [0.15, 0.2) is 0 Å². The zero-order chi connectivity index (χ0) is 24.4. The van der Waals surface area contributed by atoms with Crippen molar-refractivity contribution >= 4 is 41.0 Å². The van der Waals surface area contributed by atoms with Crippen LogP contribution in [0.15, 0.2) is 58.9 Å². The molecule has 34 heavy (non-hydrogen) atoms. The predicted molar refractivity (Wildman–Crippen MR) is 125 cm³/mol. The normalized spacial score (nSPS) is 15.0. The van der Waals surface area contributed by atoms with Crippen LogP contribution in [0.4, 0.5) is 16.0 Å². The van der Waals surface area contributed by atoms with Crippen molar-refractivity contribution in [2.75, 3.05) is 11.9 Å². The second kappa shape index (κ2) is 9.82. The SMILES string of the molecule is CCOC(=O)C1=C(C)Nc2nc(SCc3ccc(F)cc3Cl)nn2[C@@H]1c1ccc([N+](=O)[O-])cc1. The van der Waals surface area contributed by atoms with E-state index in [1.54, 1.807) is 36.7 Å². The highest BCUT2D eigenvalue weighted by Gasteiger charge is 2.35. The monoisotopic (exact) mass is 503 g/mol. The van der Waals surface area contributed by atoms with E-state index in [1.165, 1.54) is 36.0 Å². The Morgan fingerprint density at radius 3 is 2.71 bits per heavy atom. The molecule has 0 unspecified atom stereocenters. The van der Waals surface area contributed by atoms with Crippen molar-refractivity contribution in [3.63, 3.8) is 0 Å². The van der Waals surface area contributed by atoms with Crippen molar-refractivity contribution in [2.24, 2.45) is 0 Å². The molecule has 1 aromatic heterocycles. The van der Waals surface area contributed by atoms with E-state index in [1.807, 2.05) is 0 Å². The van der Waals surface area contributed by atoms with Gasteiger partial charge in [0.25, 0.3) is 5.69 Å². The number of halogens is 2. The molecule has 3 aromatic rings. The van der Waals surface area contributed by atoms with Crippen LogP contribution in [-0.4, -0.2) is 32.3 Å². The summed E-state index contributed by atoms with van der Waals surface area (Å²) in [5.74, 6) is -0.134. The number of non-ortho nitro benzene ring substituents is 1. The third-order valence-corrected chi connectivity index (χ3v) is 6.36. The van der Waals surface area contributed by atoms with Gasteiger partial charge in [0.1, 0.15) is 11.9 Å². The number of rotatable bonds is 7. The highest BCUT2D eigenvalue weighted by atomic mass is 35.5. The van der Waals surface area contributed by atoms with Crippen LogP contribution in [0.1, 0.15) is 31.0 Å². The molecule has 1 aliphatic rings.